The minimum Gasteiger partial charge on any atom is -0.497 e. The lowest BCUT2D eigenvalue weighted by Gasteiger charge is -2.35. The van der Waals surface area contributed by atoms with Crippen molar-refractivity contribution >= 4 is 11.8 Å². The molecule has 0 bridgehead atoms. The van der Waals surface area contributed by atoms with Crippen LogP contribution in [0.3, 0.4) is 0 Å². The van der Waals surface area contributed by atoms with E-state index < -0.39 is 12.1 Å². The highest BCUT2D eigenvalue weighted by Crippen LogP contribution is 2.33. The van der Waals surface area contributed by atoms with Gasteiger partial charge in [0.25, 0.3) is 5.91 Å². The Kier molecular flexibility index (Phi) is 8.30. The predicted molar refractivity (Wildman–Crippen MR) is 152 cm³/mol. The van der Waals surface area contributed by atoms with Gasteiger partial charge in [0.15, 0.2) is 11.5 Å². The molecule has 2 amide bonds. The SMILES string of the molecule is COc1ccc(CNC(=O)[C@H](c2ccc(C)cc2)N(Cc2ccccc2)C(=O)[C@H]2COc3ccccc3O2)cc1. The molecule has 5 rings (SSSR count). The molecule has 1 aliphatic rings. The molecule has 0 unspecified atom stereocenters. The fraction of sp³-hybridized carbons (Fsp3) is 0.212. The molecule has 0 fully saturated rings. The second-order valence-corrected chi connectivity index (χ2v) is 9.70. The van der Waals surface area contributed by atoms with Crippen molar-refractivity contribution < 1.29 is 23.8 Å². The van der Waals surface area contributed by atoms with Crippen molar-refractivity contribution in [3.05, 3.63) is 125 Å². The molecule has 0 aromatic heterocycles. The highest BCUT2D eigenvalue weighted by atomic mass is 16.6. The van der Waals surface area contributed by atoms with Crippen LogP contribution in [0.15, 0.2) is 103 Å². The van der Waals surface area contributed by atoms with Crippen LogP contribution in [0.5, 0.6) is 17.2 Å². The lowest BCUT2D eigenvalue weighted by Crippen LogP contribution is -2.50. The number of fused-ring (bicyclic) bond motifs is 1. The Morgan fingerprint density at radius 2 is 1.55 bits per heavy atom. The third-order valence-corrected chi connectivity index (χ3v) is 6.84. The van der Waals surface area contributed by atoms with Gasteiger partial charge in [-0.05, 0) is 47.9 Å². The second-order valence-electron chi connectivity index (χ2n) is 9.70. The molecule has 0 saturated heterocycles. The van der Waals surface area contributed by atoms with Gasteiger partial charge in [-0.2, -0.15) is 0 Å². The fourth-order valence-corrected chi connectivity index (χ4v) is 4.65. The number of methoxy groups -OCH3 is 1. The molecular weight excluding hydrogens is 504 g/mol. The number of carbonyl (C=O) groups excluding carboxylic acids is 2. The molecule has 1 N–H and O–H groups in total. The zero-order valence-electron chi connectivity index (χ0n) is 22.6. The summed E-state index contributed by atoms with van der Waals surface area (Å²) in [7, 11) is 1.61. The lowest BCUT2D eigenvalue weighted by molar-refractivity contribution is -0.149. The van der Waals surface area contributed by atoms with Crippen LogP contribution in [0.1, 0.15) is 28.3 Å². The van der Waals surface area contributed by atoms with E-state index in [9.17, 15) is 9.59 Å². The molecule has 0 saturated carbocycles. The molecule has 1 aliphatic heterocycles. The van der Waals surface area contributed by atoms with Gasteiger partial charge in [-0.1, -0.05) is 84.4 Å². The molecule has 7 heteroatoms. The van der Waals surface area contributed by atoms with Crippen LogP contribution in [0.25, 0.3) is 0 Å². The van der Waals surface area contributed by atoms with Crippen LogP contribution in [0.4, 0.5) is 0 Å². The number of para-hydroxylation sites is 2. The number of aryl methyl sites for hydroxylation is 1. The molecule has 0 radical (unpaired) electrons. The van der Waals surface area contributed by atoms with Gasteiger partial charge < -0.3 is 24.4 Å². The van der Waals surface area contributed by atoms with E-state index in [2.05, 4.69) is 5.32 Å². The first-order valence-electron chi connectivity index (χ1n) is 13.2. The van der Waals surface area contributed by atoms with Crippen LogP contribution in [0, 0.1) is 6.92 Å². The molecule has 40 heavy (non-hydrogen) atoms. The number of nitrogens with zero attached hydrogens (tertiary/aromatic N) is 1. The number of hydrogen-bond donors (Lipinski definition) is 1. The Morgan fingerprint density at radius 3 is 2.25 bits per heavy atom. The number of amides is 2. The average Bonchev–Trinajstić information content (AvgIpc) is 3.00. The number of nitrogens with one attached hydrogen (secondary N) is 1. The summed E-state index contributed by atoms with van der Waals surface area (Å²) in [4.78, 5) is 29.7. The summed E-state index contributed by atoms with van der Waals surface area (Å²) in [5, 5.41) is 3.04. The summed E-state index contributed by atoms with van der Waals surface area (Å²) >= 11 is 0. The number of rotatable bonds is 9. The topological polar surface area (TPSA) is 77.1 Å². The highest BCUT2D eigenvalue weighted by Gasteiger charge is 2.38. The second kappa shape index (κ2) is 12.4. The van der Waals surface area contributed by atoms with E-state index in [1.807, 2.05) is 97.9 Å². The molecule has 4 aromatic carbocycles. The van der Waals surface area contributed by atoms with E-state index in [4.69, 9.17) is 14.2 Å². The molecule has 0 aliphatic carbocycles. The Hall–Kier alpha value is -4.78. The largest absolute Gasteiger partial charge is 0.497 e. The van der Waals surface area contributed by atoms with Crippen molar-refractivity contribution in [2.45, 2.75) is 32.2 Å². The number of carbonyl (C=O) groups is 2. The Bertz CT molecular complexity index is 1440. The van der Waals surface area contributed by atoms with Crippen molar-refractivity contribution in [3.8, 4) is 17.2 Å². The van der Waals surface area contributed by atoms with Crippen LogP contribution in [-0.2, 0) is 22.7 Å². The quantitative estimate of drug-likeness (QED) is 0.317. The van der Waals surface area contributed by atoms with E-state index in [-0.39, 0.29) is 25.0 Å². The van der Waals surface area contributed by atoms with Crippen LogP contribution < -0.4 is 19.5 Å². The molecule has 204 valence electrons. The normalized spacial score (nSPS) is 14.6. The van der Waals surface area contributed by atoms with Crippen LogP contribution in [-0.4, -0.2) is 36.5 Å². The van der Waals surface area contributed by atoms with E-state index >= 15 is 0 Å². The van der Waals surface area contributed by atoms with Gasteiger partial charge >= 0.3 is 0 Å². The zero-order chi connectivity index (χ0) is 27.9. The summed E-state index contributed by atoms with van der Waals surface area (Å²) in [6, 6.07) is 31.2. The number of benzene rings is 4. The maximum atomic E-state index is 14.2. The Morgan fingerprint density at radius 1 is 0.875 bits per heavy atom. The standard InChI is InChI=1S/C33H32N2O5/c1-23-12-16-26(17-13-23)31(32(36)34-20-24-14-18-27(38-2)19-15-24)35(21-25-8-4-3-5-9-25)33(37)30-22-39-28-10-6-7-11-29(28)40-30/h3-19,30-31H,20-22H2,1-2H3,(H,34,36)/t30-,31+/m1/s1. The zero-order valence-corrected chi connectivity index (χ0v) is 22.6. The van der Waals surface area contributed by atoms with Crippen molar-refractivity contribution in [2.24, 2.45) is 0 Å². The molecule has 4 aromatic rings. The average molecular weight is 537 g/mol. The third-order valence-electron chi connectivity index (χ3n) is 6.84. The highest BCUT2D eigenvalue weighted by molar-refractivity contribution is 5.90. The summed E-state index contributed by atoms with van der Waals surface area (Å²) in [6.45, 7) is 2.56. The minimum absolute atomic E-state index is 0.0508. The van der Waals surface area contributed by atoms with E-state index in [1.165, 1.54) is 0 Å². The van der Waals surface area contributed by atoms with Crippen molar-refractivity contribution in [1.29, 1.82) is 0 Å². The summed E-state index contributed by atoms with van der Waals surface area (Å²) < 4.78 is 17.2. The lowest BCUT2D eigenvalue weighted by atomic mass is 10.0. The van der Waals surface area contributed by atoms with Gasteiger partial charge in [-0.15, -0.1) is 0 Å². The maximum absolute atomic E-state index is 14.2. The molecular formula is C33H32N2O5. The summed E-state index contributed by atoms with van der Waals surface area (Å²) in [6.07, 6.45) is -0.902. The van der Waals surface area contributed by atoms with Crippen LogP contribution in [0.2, 0.25) is 0 Å². The van der Waals surface area contributed by atoms with E-state index in [0.717, 1.165) is 22.4 Å². The van der Waals surface area contributed by atoms with E-state index in [1.54, 1.807) is 24.1 Å². The third kappa shape index (κ3) is 6.26. The predicted octanol–water partition coefficient (Wildman–Crippen LogP) is 5.23. The first-order valence-corrected chi connectivity index (χ1v) is 13.2. The van der Waals surface area contributed by atoms with Gasteiger partial charge in [0.2, 0.25) is 12.0 Å². The van der Waals surface area contributed by atoms with Gasteiger partial charge in [0.1, 0.15) is 18.4 Å². The molecule has 7 nitrogen and oxygen atoms in total. The molecule has 2 atom stereocenters. The molecule has 0 spiro atoms. The fourth-order valence-electron chi connectivity index (χ4n) is 4.65. The summed E-state index contributed by atoms with van der Waals surface area (Å²) in [5.41, 5.74) is 3.58. The van der Waals surface area contributed by atoms with E-state index in [0.29, 0.717) is 23.6 Å². The molecule has 1 heterocycles. The van der Waals surface area contributed by atoms with Gasteiger partial charge in [-0.3, -0.25) is 9.59 Å². The van der Waals surface area contributed by atoms with Crippen LogP contribution >= 0.6 is 0 Å². The minimum atomic E-state index is -0.902. The summed E-state index contributed by atoms with van der Waals surface area (Å²) in [5.74, 6) is 1.21. The first kappa shape index (κ1) is 26.8. The number of hydrogen-bond acceptors (Lipinski definition) is 5. The maximum Gasteiger partial charge on any atom is 0.268 e. The smallest absolute Gasteiger partial charge is 0.268 e. The Labute approximate surface area is 234 Å². The first-order chi connectivity index (χ1) is 19.5. The monoisotopic (exact) mass is 536 g/mol. The van der Waals surface area contributed by atoms with Crippen molar-refractivity contribution in [2.75, 3.05) is 13.7 Å². The Balaban J connectivity index is 1.47. The van der Waals surface area contributed by atoms with Crippen molar-refractivity contribution in [1.82, 2.24) is 10.2 Å². The van der Waals surface area contributed by atoms with Gasteiger partial charge in [0.05, 0.1) is 7.11 Å². The van der Waals surface area contributed by atoms with Gasteiger partial charge in [0, 0.05) is 13.1 Å². The van der Waals surface area contributed by atoms with Gasteiger partial charge in [-0.25, -0.2) is 0 Å². The van der Waals surface area contributed by atoms with Crippen molar-refractivity contribution in [3.63, 3.8) is 0 Å². The number of ether oxygens (including phenoxy) is 3.